The fourth-order valence-corrected chi connectivity index (χ4v) is 1.48. The molecule has 0 aliphatic heterocycles. The van der Waals surface area contributed by atoms with Crippen LogP contribution in [0.3, 0.4) is 0 Å². The lowest BCUT2D eigenvalue weighted by Gasteiger charge is -2.06. The molecule has 0 bridgehead atoms. The van der Waals surface area contributed by atoms with E-state index in [1.807, 2.05) is 0 Å². The average Bonchev–Trinajstić information content (AvgIpc) is 2.16. The first-order valence-electron chi connectivity index (χ1n) is 3.53. The van der Waals surface area contributed by atoms with Gasteiger partial charge in [-0.15, -0.1) is 0 Å². The van der Waals surface area contributed by atoms with Crippen LogP contribution in [0.25, 0.3) is 0 Å². The number of aromatic nitrogens is 1. The number of nitriles is 1. The van der Waals surface area contributed by atoms with Gasteiger partial charge in [-0.2, -0.15) is 9.65 Å². The van der Waals surface area contributed by atoms with Gasteiger partial charge in [0.2, 0.25) is 5.95 Å². The Balaban J connectivity index is 3.43. The van der Waals surface area contributed by atoms with Crippen molar-refractivity contribution in [2.75, 3.05) is 0 Å². The van der Waals surface area contributed by atoms with E-state index in [1.54, 1.807) is 6.07 Å². The molecule has 74 valence electrons. The Morgan fingerprint density at radius 2 is 2.21 bits per heavy atom. The molecule has 1 aromatic heterocycles. The highest BCUT2D eigenvalue weighted by molar-refractivity contribution is 9.08. The molecule has 0 saturated heterocycles. The summed E-state index contributed by atoms with van der Waals surface area (Å²) < 4.78 is 37.6. The summed E-state index contributed by atoms with van der Waals surface area (Å²) in [5, 5.41) is 8.59. The van der Waals surface area contributed by atoms with Gasteiger partial charge in [0.15, 0.2) is 0 Å². The van der Waals surface area contributed by atoms with Crippen LogP contribution in [0.15, 0.2) is 6.20 Å². The van der Waals surface area contributed by atoms with Crippen LogP contribution in [0, 0.1) is 17.3 Å². The Morgan fingerprint density at radius 3 is 2.64 bits per heavy atom. The van der Waals surface area contributed by atoms with Gasteiger partial charge in [0.25, 0.3) is 6.43 Å². The molecule has 0 fully saturated rings. The summed E-state index contributed by atoms with van der Waals surface area (Å²) in [7, 11) is 0. The number of hydrogen-bond donors (Lipinski definition) is 0. The van der Waals surface area contributed by atoms with Crippen LogP contribution in [-0.2, 0) is 5.33 Å². The molecule has 0 saturated carbocycles. The quantitative estimate of drug-likeness (QED) is 0.609. The molecule has 0 aromatic carbocycles. The lowest BCUT2D eigenvalue weighted by Crippen LogP contribution is -2.01. The molecule has 0 aliphatic carbocycles. The molecule has 0 N–H and O–H groups in total. The second-order valence-electron chi connectivity index (χ2n) is 2.40. The molecule has 0 unspecified atom stereocenters. The van der Waals surface area contributed by atoms with Crippen LogP contribution in [-0.4, -0.2) is 4.98 Å². The van der Waals surface area contributed by atoms with E-state index in [9.17, 15) is 13.2 Å². The zero-order valence-electron chi connectivity index (χ0n) is 6.77. The first-order valence-corrected chi connectivity index (χ1v) is 4.65. The molecule has 0 amide bonds. The highest BCUT2D eigenvalue weighted by Gasteiger charge is 2.19. The monoisotopic (exact) mass is 264 g/mol. The maximum absolute atomic E-state index is 12.9. The van der Waals surface area contributed by atoms with Crippen molar-refractivity contribution in [3.63, 3.8) is 0 Å². The van der Waals surface area contributed by atoms with Gasteiger partial charge in [0.1, 0.15) is 6.07 Å². The van der Waals surface area contributed by atoms with Crippen LogP contribution in [0.4, 0.5) is 13.2 Å². The number of nitrogens with zero attached hydrogens (tertiary/aromatic N) is 2. The van der Waals surface area contributed by atoms with Gasteiger partial charge in [0.05, 0.1) is 11.1 Å². The van der Waals surface area contributed by atoms with E-state index in [-0.39, 0.29) is 16.5 Å². The number of pyridine rings is 1. The predicted molar refractivity (Wildman–Crippen MR) is 46.5 cm³/mol. The molecular formula is C8H4BrF3N2. The van der Waals surface area contributed by atoms with E-state index in [2.05, 4.69) is 20.9 Å². The second-order valence-corrected chi connectivity index (χ2v) is 2.96. The summed E-state index contributed by atoms with van der Waals surface area (Å²) in [5.74, 6) is -0.900. The van der Waals surface area contributed by atoms with E-state index in [0.29, 0.717) is 6.20 Å². The van der Waals surface area contributed by atoms with Crippen molar-refractivity contribution < 1.29 is 13.2 Å². The van der Waals surface area contributed by atoms with E-state index >= 15 is 0 Å². The molecule has 0 spiro atoms. The second kappa shape index (κ2) is 4.42. The van der Waals surface area contributed by atoms with Crippen molar-refractivity contribution in [3.8, 4) is 6.07 Å². The number of rotatable bonds is 2. The minimum atomic E-state index is -2.82. The molecule has 0 aliphatic rings. The van der Waals surface area contributed by atoms with Crippen LogP contribution < -0.4 is 0 Å². The number of alkyl halides is 3. The Labute approximate surface area is 86.5 Å². The SMILES string of the molecule is N#Cc1c(C(F)F)cnc(F)c1CBr. The molecule has 1 aromatic rings. The van der Waals surface area contributed by atoms with Crippen molar-refractivity contribution >= 4 is 15.9 Å². The van der Waals surface area contributed by atoms with Crippen LogP contribution in [0.5, 0.6) is 0 Å². The summed E-state index contributed by atoms with van der Waals surface area (Å²) in [6.45, 7) is 0. The maximum Gasteiger partial charge on any atom is 0.266 e. The summed E-state index contributed by atoms with van der Waals surface area (Å²) in [5.41, 5.74) is -1.02. The summed E-state index contributed by atoms with van der Waals surface area (Å²) in [6, 6.07) is 1.55. The molecule has 0 radical (unpaired) electrons. The van der Waals surface area contributed by atoms with E-state index in [1.165, 1.54) is 0 Å². The Kier molecular flexibility index (Phi) is 3.47. The third-order valence-corrected chi connectivity index (χ3v) is 2.20. The van der Waals surface area contributed by atoms with E-state index in [0.717, 1.165) is 0 Å². The first kappa shape index (κ1) is 11.0. The van der Waals surface area contributed by atoms with Crippen LogP contribution in [0.1, 0.15) is 23.1 Å². The minimum Gasteiger partial charge on any atom is -0.227 e. The molecule has 14 heavy (non-hydrogen) atoms. The van der Waals surface area contributed by atoms with Gasteiger partial charge in [-0.1, -0.05) is 15.9 Å². The lowest BCUT2D eigenvalue weighted by molar-refractivity contribution is 0.150. The van der Waals surface area contributed by atoms with Gasteiger partial charge in [0, 0.05) is 17.1 Å². The third-order valence-electron chi connectivity index (χ3n) is 1.64. The highest BCUT2D eigenvalue weighted by atomic mass is 79.9. The van der Waals surface area contributed by atoms with Gasteiger partial charge < -0.3 is 0 Å². The van der Waals surface area contributed by atoms with E-state index in [4.69, 9.17) is 5.26 Å². The summed E-state index contributed by atoms with van der Waals surface area (Å²) >= 11 is 2.91. The normalized spacial score (nSPS) is 10.3. The van der Waals surface area contributed by atoms with Crippen molar-refractivity contribution in [3.05, 3.63) is 28.8 Å². The van der Waals surface area contributed by atoms with Gasteiger partial charge in [-0.05, 0) is 0 Å². The molecule has 1 rings (SSSR count). The predicted octanol–water partition coefficient (Wildman–Crippen LogP) is 2.92. The maximum atomic E-state index is 12.9. The third kappa shape index (κ3) is 1.87. The molecular weight excluding hydrogens is 261 g/mol. The molecule has 1 heterocycles. The minimum absolute atomic E-state index is 0.0186. The lowest BCUT2D eigenvalue weighted by atomic mass is 10.1. The number of halogens is 4. The first-order chi connectivity index (χ1) is 6.61. The Morgan fingerprint density at radius 1 is 1.57 bits per heavy atom. The fraction of sp³-hybridized carbons (Fsp3) is 0.250. The summed E-state index contributed by atoms with van der Waals surface area (Å²) in [4.78, 5) is 3.15. The standard InChI is InChI=1S/C8H4BrF3N2/c9-1-4-5(2-13)6(7(10)11)3-14-8(4)12/h3,7H,1H2. The topological polar surface area (TPSA) is 36.7 Å². The smallest absolute Gasteiger partial charge is 0.227 e. The number of hydrogen-bond acceptors (Lipinski definition) is 2. The van der Waals surface area contributed by atoms with Crippen molar-refractivity contribution in [2.45, 2.75) is 11.8 Å². The molecule has 6 heteroatoms. The highest BCUT2D eigenvalue weighted by Crippen LogP contribution is 2.26. The largest absolute Gasteiger partial charge is 0.266 e. The van der Waals surface area contributed by atoms with E-state index < -0.39 is 17.9 Å². The zero-order valence-corrected chi connectivity index (χ0v) is 8.35. The average molecular weight is 265 g/mol. The van der Waals surface area contributed by atoms with Crippen molar-refractivity contribution in [1.29, 1.82) is 5.26 Å². The molecule has 0 atom stereocenters. The van der Waals surface area contributed by atoms with Crippen LogP contribution >= 0.6 is 15.9 Å². The van der Waals surface area contributed by atoms with Crippen molar-refractivity contribution in [2.24, 2.45) is 0 Å². The zero-order chi connectivity index (χ0) is 10.7. The van der Waals surface area contributed by atoms with Gasteiger partial charge >= 0.3 is 0 Å². The van der Waals surface area contributed by atoms with Gasteiger partial charge in [-0.3, -0.25) is 0 Å². The van der Waals surface area contributed by atoms with Crippen molar-refractivity contribution in [1.82, 2.24) is 4.98 Å². The summed E-state index contributed by atoms with van der Waals surface area (Å²) in [6.07, 6.45) is -2.14. The fourth-order valence-electron chi connectivity index (χ4n) is 0.965. The Bertz CT molecular complexity index is 387. The Hall–Kier alpha value is -1.09. The van der Waals surface area contributed by atoms with Gasteiger partial charge in [-0.25, -0.2) is 13.8 Å². The van der Waals surface area contributed by atoms with Crippen LogP contribution in [0.2, 0.25) is 0 Å². The molecule has 2 nitrogen and oxygen atoms in total.